The number of carbonyl (C=O) groups excluding carboxylic acids is 4. The van der Waals surface area contributed by atoms with Gasteiger partial charge < -0.3 is 0 Å². The van der Waals surface area contributed by atoms with Crippen LogP contribution < -0.4 is 29.9 Å². The van der Waals surface area contributed by atoms with Gasteiger partial charge in [0.05, 0.1) is 0 Å². The SMILES string of the molecule is CONC(=O)CCC(=O)c1cc2cc(OCCCOc3cc4cc(C(=O)CCC(=O)NOC)[se]c4cc3OC)c(OC)cc2[se]1. The number of fused-ring (bicyclic) bond motifs is 2. The maximum atomic E-state index is 12.7. The Hall–Kier alpha value is -3.64. The Labute approximate surface area is 271 Å². The molecule has 2 amide bonds. The quantitative estimate of drug-likeness (QED) is 0.0672. The van der Waals surface area contributed by atoms with Crippen LogP contribution in [0.1, 0.15) is 50.6 Å². The second kappa shape index (κ2) is 16.6. The number of benzene rings is 2. The third-order valence-corrected chi connectivity index (χ3v) is 11.3. The minimum absolute atomic E-state index is 0.0582. The van der Waals surface area contributed by atoms with E-state index in [0.29, 0.717) is 51.5 Å². The van der Waals surface area contributed by atoms with E-state index in [1.807, 2.05) is 36.4 Å². The summed E-state index contributed by atoms with van der Waals surface area (Å²) in [4.78, 5) is 57.7. The Morgan fingerprint density at radius 2 is 1.00 bits per heavy atom. The first-order chi connectivity index (χ1) is 21.8. The number of hydroxylamine groups is 2. The molecule has 0 radical (unpaired) electrons. The number of amides is 2. The van der Waals surface area contributed by atoms with E-state index in [4.69, 9.17) is 18.9 Å². The summed E-state index contributed by atoms with van der Waals surface area (Å²) in [5.41, 5.74) is 4.44. The van der Waals surface area contributed by atoms with Crippen LogP contribution in [0.3, 0.4) is 0 Å². The first-order valence-electron chi connectivity index (χ1n) is 13.9. The fraction of sp³-hybridized carbons (Fsp3) is 0.355. The Balaban J connectivity index is 1.33. The molecule has 0 atom stereocenters. The predicted molar refractivity (Wildman–Crippen MR) is 168 cm³/mol. The van der Waals surface area contributed by atoms with E-state index in [9.17, 15) is 19.2 Å². The van der Waals surface area contributed by atoms with E-state index in [1.54, 1.807) is 14.2 Å². The molecule has 4 aromatic rings. The molecule has 0 aliphatic carbocycles. The van der Waals surface area contributed by atoms with Crippen molar-refractivity contribution < 1.29 is 47.8 Å². The summed E-state index contributed by atoms with van der Waals surface area (Å²) < 4.78 is 26.6. The summed E-state index contributed by atoms with van der Waals surface area (Å²) in [5.74, 6) is 1.48. The number of rotatable bonds is 18. The normalized spacial score (nSPS) is 10.9. The van der Waals surface area contributed by atoms with Crippen LogP contribution in [0.2, 0.25) is 0 Å². The number of nitrogens with one attached hydrogen (secondary N) is 2. The number of carbonyl (C=O) groups is 4. The van der Waals surface area contributed by atoms with Crippen molar-refractivity contribution in [3.8, 4) is 23.0 Å². The van der Waals surface area contributed by atoms with E-state index in [0.717, 1.165) is 19.3 Å². The van der Waals surface area contributed by atoms with Crippen LogP contribution in [0.4, 0.5) is 0 Å². The van der Waals surface area contributed by atoms with Gasteiger partial charge in [-0.3, -0.25) is 0 Å². The summed E-state index contributed by atoms with van der Waals surface area (Å²) in [7, 11) is 5.84. The fourth-order valence-corrected chi connectivity index (χ4v) is 8.73. The van der Waals surface area contributed by atoms with Crippen LogP contribution >= 0.6 is 0 Å². The first-order valence-corrected chi connectivity index (χ1v) is 17.4. The van der Waals surface area contributed by atoms with Gasteiger partial charge in [-0.05, 0) is 0 Å². The molecule has 0 unspecified atom stereocenters. The average Bonchev–Trinajstić information content (AvgIpc) is 3.65. The van der Waals surface area contributed by atoms with Gasteiger partial charge in [-0.1, -0.05) is 0 Å². The summed E-state index contributed by atoms with van der Waals surface area (Å²) in [5, 5.41) is 1.81. The number of ether oxygens (including phenoxy) is 4. The Morgan fingerprint density at radius 1 is 0.578 bits per heavy atom. The zero-order valence-electron chi connectivity index (χ0n) is 25.3. The molecule has 2 aromatic carbocycles. The maximum absolute atomic E-state index is 12.7. The van der Waals surface area contributed by atoms with E-state index in [-0.39, 0.29) is 78.1 Å². The van der Waals surface area contributed by atoms with Crippen molar-refractivity contribution in [2.45, 2.75) is 32.1 Å². The van der Waals surface area contributed by atoms with Gasteiger partial charge >= 0.3 is 272 Å². The van der Waals surface area contributed by atoms with Crippen LogP contribution in [0.5, 0.6) is 23.0 Å². The van der Waals surface area contributed by atoms with Gasteiger partial charge in [-0.2, -0.15) is 0 Å². The molecule has 4 rings (SSSR count). The van der Waals surface area contributed by atoms with Crippen LogP contribution in [0, 0.1) is 0 Å². The Bertz CT molecular complexity index is 1560. The molecule has 12 nitrogen and oxygen atoms in total. The molecule has 0 bridgehead atoms. The van der Waals surface area contributed by atoms with Crippen molar-refractivity contribution in [3.05, 3.63) is 45.3 Å². The van der Waals surface area contributed by atoms with Gasteiger partial charge in [0.25, 0.3) is 0 Å². The number of Topliss-reactive ketones (excluding diaryl/α,β-unsaturated/α-hetero) is 2. The summed E-state index contributed by atoms with van der Waals surface area (Å²) in [6.45, 7) is 0.714. The summed E-state index contributed by atoms with van der Waals surface area (Å²) in [6, 6.07) is 11.2. The molecule has 0 saturated heterocycles. The summed E-state index contributed by atoms with van der Waals surface area (Å²) in [6.07, 6.45) is 0.905. The van der Waals surface area contributed by atoms with Gasteiger partial charge in [0.15, 0.2) is 0 Å². The Kier molecular flexibility index (Phi) is 12.6. The molecule has 2 heterocycles. The van der Waals surface area contributed by atoms with E-state index in [2.05, 4.69) is 20.6 Å². The zero-order valence-corrected chi connectivity index (χ0v) is 28.7. The fourth-order valence-electron chi connectivity index (χ4n) is 4.37. The third-order valence-electron chi connectivity index (χ3n) is 6.55. The molecule has 0 aliphatic rings. The average molecular weight is 753 g/mol. The van der Waals surface area contributed by atoms with Crippen molar-refractivity contribution >= 4 is 71.7 Å². The van der Waals surface area contributed by atoms with E-state index in [1.165, 1.54) is 14.2 Å². The molecule has 0 fully saturated rings. The molecule has 2 aromatic heterocycles. The monoisotopic (exact) mass is 754 g/mol. The molecule has 0 saturated carbocycles. The van der Waals surface area contributed by atoms with Gasteiger partial charge in [-0.25, -0.2) is 0 Å². The molecule has 240 valence electrons. The number of hydrogen-bond donors (Lipinski definition) is 2. The molecule has 0 aliphatic heterocycles. The molecule has 14 heteroatoms. The number of ketones is 2. The van der Waals surface area contributed by atoms with Gasteiger partial charge in [0.1, 0.15) is 0 Å². The number of hydrogen-bond acceptors (Lipinski definition) is 10. The summed E-state index contributed by atoms with van der Waals surface area (Å²) >= 11 is -0.382. The zero-order chi connectivity index (χ0) is 32.3. The van der Waals surface area contributed by atoms with Crippen LogP contribution in [0.15, 0.2) is 36.4 Å². The van der Waals surface area contributed by atoms with Crippen molar-refractivity contribution in [2.75, 3.05) is 41.7 Å². The molecular weight excluding hydrogens is 718 g/mol. The Morgan fingerprint density at radius 3 is 1.38 bits per heavy atom. The van der Waals surface area contributed by atoms with Crippen molar-refractivity contribution in [2.24, 2.45) is 0 Å². The topological polar surface area (TPSA) is 148 Å². The van der Waals surface area contributed by atoms with Crippen LogP contribution in [0.25, 0.3) is 19.3 Å². The molecule has 45 heavy (non-hydrogen) atoms. The predicted octanol–water partition coefficient (Wildman–Crippen LogP) is 3.25. The van der Waals surface area contributed by atoms with Crippen LogP contribution in [-0.4, -0.2) is 94.0 Å². The number of methoxy groups -OCH3 is 2. The van der Waals surface area contributed by atoms with Gasteiger partial charge in [0.2, 0.25) is 0 Å². The second-order valence-electron chi connectivity index (χ2n) is 9.66. The minimum atomic E-state index is -0.341. The van der Waals surface area contributed by atoms with E-state index < -0.39 is 0 Å². The molecular formula is C31H34N2O10Se2. The van der Waals surface area contributed by atoms with Gasteiger partial charge in [-0.15, -0.1) is 0 Å². The standard InChI is InChI=1S/C31H34N2O10Se2/c1-38-22-16-26-18(14-28(44-26)20(34)6-8-30(36)32-40-3)12-24(22)42-10-5-11-43-25-13-19-15-29(45-27(19)17-23(25)39-2)21(35)7-9-31(37)33-41-4/h12-17H,5-11H2,1-4H3,(H,32,36)(H,33,37). The van der Waals surface area contributed by atoms with E-state index >= 15 is 0 Å². The molecule has 2 N–H and O–H groups in total. The first kappa shape index (κ1) is 34.2. The van der Waals surface area contributed by atoms with Crippen molar-refractivity contribution in [3.63, 3.8) is 0 Å². The third kappa shape index (κ3) is 9.20. The van der Waals surface area contributed by atoms with Crippen LogP contribution in [-0.2, 0) is 19.3 Å². The molecule has 0 spiro atoms. The van der Waals surface area contributed by atoms with Crippen molar-refractivity contribution in [1.29, 1.82) is 0 Å². The van der Waals surface area contributed by atoms with Gasteiger partial charge in [0, 0.05) is 0 Å². The van der Waals surface area contributed by atoms with Crippen molar-refractivity contribution in [1.82, 2.24) is 11.0 Å². The second-order valence-corrected chi connectivity index (χ2v) is 14.2.